The van der Waals surface area contributed by atoms with Crippen LogP contribution in [0.2, 0.25) is 0 Å². The van der Waals surface area contributed by atoms with E-state index in [2.05, 4.69) is 26.5 Å². The molecule has 5 heteroatoms. The molecule has 2 unspecified atom stereocenters. The largest absolute Gasteiger partial charge is 0.480 e. The summed E-state index contributed by atoms with van der Waals surface area (Å²) < 4.78 is 0. The van der Waals surface area contributed by atoms with Crippen molar-refractivity contribution in [1.29, 1.82) is 0 Å². The van der Waals surface area contributed by atoms with Crippen LogP contribution in [0.3, 0.4) is 0 Å². The van der Waals surface area contributed by atoms with Gasteiger partial charge in [-0.2, -0.15) is 12.6 Å². The molecule has 1 aliphatic heterocycles. The second kappa shape index (κ2) is 5.35. The Kier molecular flexibility index (Phi) is 4.14. The van der Waals surface area contributed by atoms with E-state index in [-0.39, 0.29) is 17.1 Å². The van der Waals surface area contributed by atoms with E-state index in [1.165, 1.54) is 0 Å². The fourth-order valence-electron chi connectivity index (χ4n) is 3.72. The highest BCUT2D eigenvalue weighted by molar-refractivity contribution is 7.81. The highest BCUT2D eigenvalue weighted by Gasteiger charge is 2.53. The van der Waals surface area contributed by atoms with Crippen molar-refractivity contribution in [2.24, 2.45) is 11.3 Å². The molecule has 1 saturated heterocycles. The molecule has 0 radical (unpaired) electrons. The van der Waals surface area contributed by atoms with Gasteiger partial charge in [0, 0.05) is 11.8 Å². The highest BCUT2D eigenvalue weighted by atomic mass is 32.1. The van der Waals surface area contributed by atoms with E-state index in [1.807, 2.05) is 0 Å². The molecule has 1 N–H and O–H groups in total. The van der Waals surface area contributed by atoms with Crippen LogP contribution < -0.4 is 0 Å². The van der Waals surface area contributed by atoms with Crippen molar-refractivity contribution < 1.29 is 14.7 Å². The summed E-state index contributed by atoms with van der Waals surface area (Å²) in [6.45, 7) is 4.68. The van der Waals surface area contributed by atoms with Crippen molar-refractivity contribution in [3.05, 3.63) is 0 Å². The summed E-state index contributed by atoms with van der Waals surface area (Å²) in [7, 11) is 0. The molecule has 1 heterocycles. The lowest BCUT2D eigenvalue weighted by Crippen LogP contribution is -2.52. The van der Waals surface area contributed by atoms with Gasteiger partial charge < -0.3 is 10.0 Å². The molecule has 0 aromatic carbocycles. The summed E-state index contributed by atoms with van der Waals surface area (Å²) in [5, 5.41) is 9.30. The van der Waals surface area contributed by atoms with E-state index in [0.29, 0.717) is 13.0 Å². The maximum atomic E-state index is 13.0. The molecule has 1 amide bonds. The first-order valence-corrected chi connectivity index (χ1v) is 7.65. The van der Waals surface area contributed by atoms with Crippen molar-refractivity contribution in [2.45, 2.75) is 57.2 Å². The van der Waals surface area contributed by atoms with Crippen LogP contribution in [0.25, 0.3) is 0 Å². The summed E-state index contributed by atoms with van der Waals surface area (Å²) in [4.78, 5) is 25.8. The molecular formula is C14H23NO3S. The maximum Gasteiger partial charge on any atom is 0.326 e. The van der Waals surface area contributed by atoms with Crippen molar-refractivity contribution in [3.8, 4) is 0 Å². The summed E-state index contributed by atoms with van der Waals surface area (Å²) in [5.41, 5.74) is -0.471. The van der Waals surface area contributed by atoms with Crippen LogP contribution in [0.15, 0.2) is 0 Å². The molecule has 0 bridgehead atoms. The predicted molar refractivity (Wildman–Crippen MR) is 76.3 cm³/mol. The number of likely N-dealkylation sites (tertiary alicyclic amines) is 1. The molecule has 2 fully saturated rings. The van der Waals surface area contributed by atoms with E-state index in [0.717, 1.165) is 25.7 Å². The van der Waals surface area contributed by atoms with Gasteiger partial charge in [-0.05, 0) is 31.6 Å². The van der Waals surface area contributed by atoms with Gasteiger partial charge in [0.1, 0.15) is 6.04 Å². The summed E-state index contributed by atoms with van der Waals surface area (Å²) in [6.07, 6.45) is 4.14. The van der Waals surface area contributed by atoms with Crippen LogP contribution in [0, 0.1) is 11.3 Å². The number of nitrogens with zero attached hydrogens (tertiary/aromatic N) is 1. The number of carbonyl (C=O) groups is 2. The molecule has 19 heavy (non-hydrogen) atoms. The van der Waals surface area contributed by atoms with Gasteiger partial charge in [0.2, 0.25) is 5.91 Å². The molecule has 1 saturated carbocycles. The normalized spacial score (nSPS) is 35.1. The van der Waals surface area contributed by atoms with E-state index < -0.39 is 17.4 Å². The Labute approximate surface area is 120 Å². The third-order valence-corrected chi connectivity index (χ3v) is 5.61. The molecule has 0 spiro atoms. The van der Waals surface area contributed by atoms with Gasteiger partial charge in [0.05, 0.1) is 5.41 Å². The monoisotopic (exact) mass is 285 g/mol. The molecule has 4 nitrogen and oxygen atoms in total. The SMILES string of the molecule is CC(C)C1(C(=O)N2CCC[C@H]2C(=O)O)CCCC1S. The van der Waals surface area contributed by atoms with Crippen LogP contribution in [0.1, 0.15) is 46.0 Å². The van der Waals surface area contributed by atoms with Gasteiger partial charge in [-0.3, -0.25) is 4.79 Å². The maximum absolute atomic E-state index is 13.0. The smallest absolute Gasteiger partial charge is 0.326 e. The van der Waals surface area contributed by atoms with Gasteiger partial charge in [-0.1, -0.05) is 20.3 Å². The molecule has 108 valence electrons. The van der Waals surface area contributed by atoms with Crippen molar-refractivity contribution in [2.75, 3.05) is 6.54 Å². The first-order valence-electron chi connectivity index (χ1n) is 7.13. The molecule has 0 aromatic heterocycles. The Balaban J connectivity index is 2.28. The topological polar surface area (TPSA) is 57.6 Å². The summed E-state index contributed by atoms with van der Waals surface area (Å²) in [5.74, 6) is -0.664. The second-order valence-electron chi connectivity index (χ2n) is 6.10. The van der Waals surface area contributed by atoms with E-state index in [9.17, 15) is 14.7 Å². The van der Waals surface area contributed by atoms with E-state index >= 15 is 0 Å². The van der Waals surface area contributed by atoms with Gasteiger partial charge in [-0.15, -0.1) is 0 Å². The van der Waals surface area contributed by atoms with Gasteiger partial charge >= 0.3 is 5.97 Å². The number of aliphatic carboxylic acids is 1. The number of carboxylic acids is 1. The first-order chi connectivity index (χ1) is 8.91. The third-order valence-electron chi connectivity index (χ3n) is 4.89. The Morgan fingerprint density at radius 2 is 2.00 bits per heavy atom. The molecule has 3 atom stereocenters. The quantitative estimate of drug-likeness (QED) is 0.782. The first kappa shape index (κ1) is 14.7. The van der Waals surface area contributed by atoms with E-state index in [4.69, 9.17) is 0 Å². The van der Waals surface area contributed by atoms with Crippen LogP contribution in [-0.2, 0) is 9.59 Å². The number of rotatable bonds is 3. The fourth-order valence-corrected chi connectivity index (χ4v) is 4.44. The average molecular weight is 285 g/mol. The molecule has 2 rings (SSSR count). The van der Waals surface area contributed by atoms with Gasteiger partial charge in [0.15, 0.2) is 0 Å². The zero-order chi connectivity index (χ0) is 14.2. The molecule has 1 aliphatic carbocycles. The summed E-state index contributed by atoms with van der Waals surface area (Å²) >= 11 is 4.63. The third kappa shape index (κ3) is 2.26. The number of thiol groups is 1. The lowest BCUT2D eigenvalue weighted by Gasteiger charge is -2.40. The Hall–Kier alpha value is -0.710. The zero-order valence-electron chi connectivity index (χ0n) is 11.6. The lowest BCUT2D eigenvalue weighted by molar-refractivity contribution is -0.154. The predicted octanol–water partition coefficient (Wildman–Crippen LogP) is 2.19. The van der Waals surface area contributed by atoms with Crippen LogP contribution in [-0.4, -0.2) is 39.7 Å². The Morgan fingerprint density at radius 3 is 2.47 bits per heavy atom. The number of hydrogen-bond acceptors (Lipinski definition) is 3. The highest BCUT2D eigenvalue weighted by Crippen LogP contribution is 2.49. The number of carbonyl (C=O) groups excluding carboxylic acids is 1. The van der Waals surface area contributed by atoms with Gasteiger partial charge in [0.25, 0.3) is 0 Å². The number of amides is 1. The average Bonchev–Trinajstić information content (AvgIpc) is 2.94. The molecule has 0 aromatic rings. The van der Waals surface area contributed by atoms with Crippen molar-refractivity contribution >= 4 is 24.5 Å². The Bertz CT molecular complexity index is 385. The lowest BCUT2D eigenvalue weighted by atomic mass is 9.74. The minimum atomic E-state index is -0.876. The van der Waals surface area contributed by atoms with E-state index in [1.54, 1.807) is 4.90 Å². The summed E-state index contributed by atoms with van der Waals surface area (Å²) in [6, 6.07) is -0.635. The fraction of sp³-hybridized carbons (Fsp3) is 0.857. The minimum Gasteiger partial charge on any atom is -0.480 e. The zero-order valence-corrected chi connectivity index (χ0v) is 12.5. The molecule has 2 aliphatic rings. The Morgan fingerprint density at radius 1 is 1.32 bits per heavy atom. The molecular weight excluding hydrogens is 262 g/mol. The van der Waals surface area contributed by atoms with Crippen LogP contribution in [0.5, 0.6) is 0 Å². The van der Waals surface area contributed by atoms with Crippen molar-refractivity contribution in [3.63, 3.8) is 0 Å². The van der Waals surface area contributed by atoms with Crippen LogP contribution >= 0.6 is 12.6 Å². The van der Waals surface area contributed by atoms with Crippen molar-refractivity contribution in [1.82, 2.24) is 4.90 Å². The van der Waals surface area contributed by atoms with Crippen LogP contribution in [0.4, 0.5) is 0 Å². The second-order valence-corrected chi connectivity index (χ2v) is 6.72. The number of carboxylic acid groups (broad SMARTS) is 1. The standard InChI is InChI=1S/C14H23NO3S/c1-9(2)14(7-3-6-11(14)19)13(18)15-8-4-5-10(15)12(16)17/h9-11,19H,3-8H2,1-2H3,(H,16,17)/t10-,11?,14?/m0/s1. The minimum absolute atomic E-state index is 0.0184. The van der Waals surface area contributed by atoms with Gasteiger partial charge in [-0.25, -0.2) is 4.79 Å². The number of hydrogen-bond donors (Lipinski definition) is 2.